The van der Waals surface area contributed by atoms with Gasteiger partial charge in [-0.2, -0.15) is 0 Å². The average Bonchev–Trinajstić information content (AvgIpc) is 3.58. The fourth-order valence-corrected chi connectivity index (χ4v) is 7.68. The molecule has 0 radical (unpaired) electrons. The molecule has 0 spiro atoms. The van der Waals surface area contributed by atoms with E-state index in [0.717, 1.165) is 50.1 Å². The molecular formula is C48H31NO. The molecule has 2 heteroatoms. The van der Waals surface area contributed by atoms with Crippen molar-refractivity contribution in [2.24, 2.45) is 0 Å². The molecule has 9 aromatic carbocycles. The molecule has 10 rings (SSSR count). The van der Waals surface area contributed by atoms with Crippen molar-refractivity contribution in [3.8, 4) is 22.3 Å². The summed E-state index contributed by atoms with van der Waals surface area (Å²) in [5.74, 6) is 0. The van der Waals surface area contributed by atoms with Gasteiger partial charge in [-0.05, 0) is 104 Å². The molecule has 234 valence electrons. The number of hydrogen-bond acceptors (Lipinski definition) is 2. The monoisotopic (exact) mass is 637 g/mol. The second-order valence-electron chi connectivity index (χ2n) is 12.9. The van der Waals surface area contributed by atoms with Crippen molar-refractivity contribution in [3.05, 3.63) is 188 Å². The SMILES string of the molecule is c1ccc(N(c2ccccc2)c2ccc(-c3ccc4c5ccc(-c6cccc7c6oc6ccccc67)cc5c5ccccc5c4c3)cc2)cc1. The second-order valence-corrected chi connectivity index (χ2v) is 12.9. The molecule has 0 N–H and O–H groups in total. The Bertz CT molecular complexity index is 2790. The van der Waals surface area contributed by atoms with Gasteiger partial charge in [0.2, 0.25) is 0 Å². The Balaban J connectivity index is 1.09. The van der Waals surface area contributed by atoms with Gasteiger partial charge in [0.25, 0.3) is 0 Å². The molecule has 0 atom stereocenters. The third kappa shape index (κ3) is 4.57. The van der Waals surface area contributed by atoms with Crippen LogP contribution in [0.1, 0.15) is 0 Å². The molecule has 0 unspecified atom stereocenters. The summed E-state index contributed by atoms with van der Waals surface area (Å²) in [6.07, 6.45) is 0. The predicted molar refractivity (Wildman–Crippen MR) is 212 cm³/mol. The van der Waals surface area contributed by atoms with Crippen LogP contribution >= 0.6 is 0 Å². The molecule has 2 nitrogen and oxygen atoms in total. The Hall–Kier alpha value is -6.64. The maximum Gasteiger partial charge on any atom is 0.143 e. The molecule has 0 aliphatic carbocycles. The number of nitrogens with zero attached hydrogens (tertiary/aromatic N) is 1. The van der Waals surface area contributed by atoms with E-state index in [0.29, 0.717) is 0 Å². The van der Waals surface area contributed by atoms with Crippen LogP contribution in [-0.2, 0) is 0 Å². The van der Waals surface area contributed by atoms with E-state index >= 15 is 0 Å². The normalized spacial score (nSPS) is 11.6. The van der Waals surface area contributed by atoms with E-state index in [9.17, 15) is 0 Å². The molecule has 10 aromatic rings. The Labute approximate surface area is 290 Å². The Morgan fingerprint density at radius 2 is 0.780 bits per heavy atom. The van der Waals surface area contributed by atoms with Crippen LogP contribution in [0.15, 0.2) is 192 Å². The molecule has 0 amide bonds. The molecule has 0 aliphatic rings. The van der Waals surface area contributed by atoms with E-state index in [2.05, 4.69) is 181 Å². The zero-order valence-electron chi connectivity index (χ0n) is 27.3. The summed E-state index contributed by atoms with van der Waals surface area (Å²) in [5, 5.41) is 9.82. The number of anilines is 3. The van der Waals surface area contributed by atoms with E-state index in [4.69, 9.17) is 4.42 Å². The van der Waals surface area contributed by atoms with Crippen molar-refractivity contribution in [3.63, 3.8) is 0 Å². The average molecular weight is 638 g/mol. The minimum atomic E-state index is 0.919. The van der Waals surface area contributed by atoms with Gasteiger partial charge in [-0.1, -0.05) is 133 Å². The summed E-state index contributed by atoms with van der Waals surface area (Å²) in [6.45, 7) is 0. The predicted octanol–water partition coefficient (Wildman–Crippen LogP) is 13.8. The first-order valence-corrected chi connectivity index (χ1v) is 17.1. The van der Waals surface area contributed by atoms with Crippen molar-refractivity contribution < 1.29 is 4.42 Å². The Morgan fingerprint density at radius 1 is 0.300 bits per heavy atom. The van der Waals surface area contributed by atoms with Gasteiger partial charge in [0.1, 0.15) is 11.2 Å². The number of hydrogen-bond donors (Lipinski definition) is 0. The summed E-state index contributed by atoms with van der Waals surface area (Å²) in [5.41, 5.74) is 9.90. The van der Waals surface area contributed by atoms with Gasteiger partial charge in [-0.3, -0.25) is 0 Å². The Morgan fingerprint density at radius 3 is 1.44 bits per heavy atom. The standard InChI is InChI=1S/C48H31NO/c1-3-12-35(13-4-1)49(36-14-5-2-6-15-36)37-26-22-32(23-27-37)33-24-28-41-42-29-25-34(31-46(42)40-17-8-7-16-39(40)45(41)30-33)38-19-11-20-44-43-18-9-10-21-47(43)50-48(38)44/h1-31H. The molecule has 0 saturated heterocycles. The van der Waals surface area contributed by atoms with Crippen LogP contribution < -0.4 is 4.90 Å². The summed E-state index contributed by atoms with van der Waals surface area (Å²) < 4.78 is 6.43. The first kappa shape index (κ1) is 28.4. The van der Waals surface area contributed by atoms with Crippen molar-refractivity contribution in [1.29, 1.82) is 0 Å². The highest BCUT2D eigenvalue weighted by Gasteiger charge is 2.16. The second kappa shape index (κ2) is 11.5. The van der Waals surface area contributed by atoms with Crippen LogP contribution in [0.3, 0.4) is 0 Å². The zero-order valence-corrected chi connectivity index (χ0v) is 27.3. The molecule has 1 aromatic heterocycles. The van der Waals surface area contributed by atoms with Crippen LogP contribution in [0, 0.1) is 0 Å². The van der Waals surface area contributed by atoms with Crippen molar-refractivity contribution in [1.82, 2.24) is 0 Å². The number of fused-ring (bicyclic) bond motifs is 9. The van der Waals surface area contributed by atoms with Crippen molar-refractivity contribution in [2.75, 3.05) is 4.90 Å². The molecule has 0 saturated carbocycles. The van der Waals surface area contributed by atoms with Crippen molar-refractivity contribution >= 4 is 71.3 Å². The molecule has 0 bridgehead atoms. The van der Waals surface area contributed by atoms with Gasteiger partial charge in [0.15, 0.2) is 0 Å². The number of rotatable bonds is 5. The molecule has 1 heterocycles. The number of furan rings is 1. The van der Waals surface area contributed by atoms with E-state index in [-0.39, 0.29) is 0 Å². The molecule has 0 fully saturated rings. The third-order valence-electron chi connectivity index (χ3n) is 10.0. The van der Waals surface area contributed by atoms with Crippen LogP contribution in [0.4, 0.5) is 17.1 Å². The minimum absolute atomic E-state index is 0.919. The molecule has 0 aliphatic heterocycles. The molecular weight excluding hydrogens is 607 g/mol. The fourth-order valence-electron chi connectivity index (χ4n) is 7.68. The van der Waals surface area contributed by atoms with Crippen LogP contribution in [0.5, 0.6) is 0 Å². The first-order chi connectivity index (χ1) is 24.8. The smallest absolute Gasteiger partial charge is 0.143 e. The van der Waals surface area contributed by atoms with Crippen LogP contribution in [-0.4, -0.2) is 0 Å². The summed E-state index contributed by atoms with van der Waals surface area (Å²) in [4.78, 5) is 2.30. The lowest BCUT2D eigenvalue weighted by molar-refractivity contribution is 0.670. The van der Waals surface area contributed by atoms with E-state index < -0.39 is 0 Å². The largest absolute Gasteiger partial charge is 0.455 e. The van der Waals surface area contributed by atoms with E-state index in [1.807, 2.05) is 12.1 Å². The first-order valence-electron chi connectivity index (χ1n) is 17.1. The summed E-state index contributed by atoms with van der Waals surface area (Å²) in [7, 11) is 0. The lowest BCUT2D eigenvalue weighted by atomic mass is 9.90. The maximum atomic E-state index is 6.43. The zero-order chi connectivity index (χ0) is 33.0. The maximum absolute atomic E-state index is 6.43. The van der Waals surface area contributed by atoms with Gasteiger partial charge in [0.05, 0.1) is 0 Å². The Kier molecular flexibility index (Phi) is 6.53. The topological polar surface area (TPSA) is 16.4 Å². The number of para-hydroxylation sites is 4. The quantitative estimate of drug-likeness (QED) is 0.175. The van der Waals surface area contributed by atoms with Crippen LogP contribution in [0.25, 0.3) is 76.5 Å². The highest BCUT2D eigenvalue weighted by molar-refractivity contribution is 6.26. The van der Waals surface area contributed by atoms with Crippen molar-refractivity contribution in [2.45, 2.75) is 0 Å². The van der Waals surface area contributed by atoms with E-state index in [1.54, 1.807) is 0 Å². The third-order valence-corrected chi connectivity index (χ3v) is 10.0. The lowest BCUT2D eigenvalue weighted by Gasteiger charge is -2.25. The highest BCUT2D eigenvalue weighted by Crippen LogP contribution is 2.42. The van der Waals surface area contributed by atoms with Gasteiger partial charge >= 0.3 is 0 Å². The lowest BCUT2D eigenvalue weighted by Crippen LogP contribution is -2.09. The minimum Gasteiger partial charge on any atom is -0.455 e. The summed E-state index contributed by atoms with van der Waals surface area (Å²) in [6, 6.07) is 67.4. The van der Waals surface area contributed by atoms with Crippen LogP contribution in [0.2, 0.25) is 0 Å². The molecule has 50 heavy (non-hydrogen) atoms. The van der Waals surface area contributed by atoms with E-state index in [1.165, 1.54) is 43.4 Å². The van der Waals surface area contributed by atoms with Gasteiger partial charge in [-0.25, -0.2) is 0 Å². The van der Waals surface area contributed by atoms with Gasteiger partial charge in [0, 0.05) is 33.4 Å². The van der Waals surface area contributed by atoms with Gasteiger partial charge < -0.3 is 9.32 Å². The highest BCUT2D eigenvalue weighted by atomic mass is 16.3. The fraction of sp³-hybridized carbons (Fsp3) is 0. The number of benzene rings is 9. The van der Waals surface area contributed by atoms with Gasteiger partial charge in [-0.15, -0.1) is 0 Å². The summed E-state index contributed by atoms with van der Waals surface area (Å²) >= 11 is 0.